The molecule has 20 heavy (non-hydrogen) atoms. The zero-order chi connectivity index (χ0) is 15.0. The first-order chi connectivity index (χ1) is 9.31. The number of halogens is 7. The molecule has 0 heterocycles. The molecule has 0 aromatic heterocycles. The second-order valence-corrected chi connectivity index (χ2v) is 9.46. The Morgan fingerprint density at radius 3 is 1.70 bits per heavy atom. The van der Waals surface area contributed by atoms with Crippen LogP contribution < -0.4 is 4.74 Å². The van der Waals surface area contributed by atoms with Gasteiger partial charge in [-0.05, 0) is 114 Å². The van der Waals surface area contributed by atoms with Crippen molar-refractivity contribution in [3.05, 3.63) is 49.5 Å². The van der Waals surface area contributed by atoms with Crippen molar-refractivity contribution in [3.63, 3.8) is 0 Å². The van der Waals surface area contributed by atoms with Gasteiger partial charge in [-0.15, -0.1) is 0 Å². The lowest BCUT2D eigenvalue weighted by atomic mass is 10.3. The summed E-state index contributed by atoms with van der Waals surface area (Å²) in [6.07, 6.45) is 0. The highest BCUT2D eigenvalue weighted by molar-refractivity contribution is 9.15. The van der Waals surface area contributed by atoms with Crippen molar-refractivity contribution >= 4 is 112 Å². The molecule has 0 aliphatic rings. The summed E-state index contributed by atoms with van der Waals surface area (Å²) in [4.78, 5) is 0. The molecule has 0 saturated heterocycles. The maximum atomic E-state index is 6.00. The quantitative estimate of drug-likeness (QED) is 0.223. The molecular formula is C12H3Br7O. The summed E-state index contributed by atoms with van der Waals surface area (Å²) in [7, 11) is 0. The van der Waals surface area contributed by atoms with E-state index in [-0.39, 0.29) is 0 Å². The molecule has 8 heteroatoms. The minimum absolute atomic E-state index is 0.690. The summed E-state index contributed by atoms with van der Waals surface area (Å²) in [6, 6.07) is 5.74. The van der Waals surface area contributed by atoms with Crippen molar-refractivity contribution in [2.24, 2.45) is 0 Å². The van der Waals surface area contributed by atoms with Gasteiger partial charge in [-0.1, -0.05) is 15.9 Å². The van der Waals surface area contributed by atoms with Crippen LogP contribution in [-0.2, 0) is 0 Å². The van der Waals surface area contributed by atoms with Crippen LogP contribution in [0.4, 0.5) is 0 Å². The molecule has 0 fully saturated rings. The minimum atomic E-state index is 0.690. The largest absolute Gasteiger partial charge is 0.454 e. The molecule has 0 N–H and O–H groups in total. The van der Waals surface area contributed by atoms with Crippen LogP contribution in [0.1, 0.15) is 0 Å². The maximum absolute atomic E-state index is 6.00. The van der Waals surface area contributed by atoms with Crippen LogP contribution in [0.25, 0.3) is 0 Å². The molecular weight excluding hydrogens is 719 g/mol. The van der Waals surface area contributed by atoms with Gasteiger partial charge >= 0.3 is 0 Å². The summed E-state index contributed by atoms with van der Waals surface area (Å²) in [5.41, 5.74) is 0. The molecule has 2 aromatic carbocycles. The highest BCUT2D eigenvalue weighted by Crippen LogP contribution is 2.46. The van der Waals surface area contributed by atoms with Gasteiger partial charge in [0, 0.05) is 13.4 Å². The van der Waals surface area contributed by atoms with Crippen LogP contribution in [0.3, 0.4) is 0 Å². The first kappa shape index (κ1) is 17.9. The average Bonchev–Trinajstić information content (AvgIpc) is 2.37. The second kappa shape index (κ2) is 7.45. The molecule has 0 bridgehead atoms. The zero-order valence-electron chi connectivity index (χ0n) is 9.29. The van der Waals surface area contributed by atoms with E-state index in [2.05, 4.69) is 112 Å². The normalized spacial score (nSPS) is 10.8. The number of ether oxygens (including phenoxy) is 1. The van der Waals surface area contributed by atoms with E-state index in [1.54, 1.807) is 0 Å². The van der Waals surface area contributed by atoms with Crippen molar-refractivity contribution in [3.8, 4) is 11.5 Å². The first-order valence-electron chi connectivity index (χ1n) is 4.96. The van der Waals surface area contributed by atoms with Gasteiger partial charge in [0.05, 0.1) is 17.9 Å². The van der Waals surface area contributed by atoms with Crippen LogP contribution in [0.2, 0.25) is 0 Å². The molecule has 0 saturated carbocycles. The Hall–Kier alpha value is 1.60. The molecule has 2 aromatic rings. The van der Waals surface area contributed by atoms with Crippen LogP contribution in [0, 0.1) is 0 Å². The van der Waals surface area contributed by atoms with E-state index in [0.29, 0.717) is 11.5 Å². The molecule has 2 rings (SSSR count). The minimum Gasteiger partial charge on any atom is -0.454 e. The van der Waals surface area contributed by atoms with Gasteiger partial charge in [0.25, 0.3) is 0 Å². The Kier molecular flexibility index (Phi) is 6.68. The van der Waals surface area contributed by atoms with Crippen molar-refractivity contribution in [1.82, 2.24) is 0 Å². The van der Waals surface area contributed by atoms with Crippen LogP contribution >= 0.6 is 112 Å². The smallest absolute Gasteiger partial charge is 0.155 e. The van der Waals surface area contributed by atoms with Crippen LogP contribution in [-0.4, -0.2) is 0 Å². The molecule has 0 radical (unpaired) electrons. The number of benzene rings is 2. The first-order valence-corrected chi connectivity index (χ1v) is 10.5. The number of rotatable bonds is 2. The standard InChI is InChI=1S/C12H3Br7O/c13-4-1-6(15)12(7(16)2-4)20-8-3-5(14)9(17)11(19)10(8)18/h1-3H. The Balaban J connectivity index is 2.51. The zero-order valence-corrected chi connectivity index (χ0v) is 20.4. The topological polar surface area (TPSA) is 9.23 Å². The van der Waals surface area contributed by atoms with Gasteiger partial charge in [0.15, 0.2) is 5.75 Å². The van der Waals surface area contributed by atoms with Gasteiger partial charge < -0.3 is 4.74 Å². The molecule has 106 valence electrons. The summed E-state index contributed by atoms with van der Waals surface area (Å²) in [6.45, 7) is 0. The summed E-state index contributed by atoms with van der Waals surface area (Å²) < 4.78 is 12.2. The van der Waals surface area contributed by atoms with E-state index in [0.717, 1.165) is 31.3 Å². The van der Waals surface area contributed by atoms with Crippen LogP contribution in [0.15, 0.2) is 49.5 Å². The molecule has 0 amide bonds. The van der Waals surface area contributed by atoms with Gasteiger partial charge in [0.2, 0.25) is 0 Å². The molecule has 0 spiro atoms. The summed E-state index contributed by atoms with van der Waals surface area (Å²) >= 11 is 24.4. The van der Waals surface area contributed by atoms with E-state index in [4.69, 9.17) is 4.74 Å². The molecule has 1 nitrogen and oxygen atoms in total. The number of hydrogen-bond acceptors (Lipinski definition) is 1. The molecule has 0 aliphatic carbocycles. The van der Waals surface area contributed by atoms with E-state index < -0.39 is 0 Å². The third-order valence-electron chi connectivity index (χ3n) is 2.24. The van der Waals surface area contributed by atoms with Crippen molar-refractivity contribution in [2.45, 2.75) is 0 Å². The van der Waals surface area contributed by atoms with E-state index in [1.165, 1.54) is 0 Å². The predicted molar refractivity (Wildman–Crippen MR) is 107 cm³/mol. The highest BCUT2D eigenvalue weighted by Gasteiger charge is 2.16. The van der Waals surface area contributed by atoms with E-state index in [1.807, 2.05) is 18.2 Å². The molecule has 0 atom stereocenters. The fourth-order valence-corrected chi connectivity index (χ4v) is 5.84. The third-order valence-corrected chi connectivity index (χ3v) is 8.51. The lowest BCUT2D eigenvalue weighted by molar-refractivity contribution is 0.472. The highest BCUT2D eigenvalue weighted by atomic mass is 79.9. The lowest BCUT2D eigenvalue weighted by Crippen LogP contribution is -1.90. The van der Waals surface area contributed by atoms with Crippen LogP contribution in [0.5, 0.6) is 11.5 Å². The fourth-order valence-electron chi connectivity index (χ4n) is 1.36. The number of hydrogen-bond donors (Lipinski definition) is 0. The Morgan fingerprint density at radius 2 is 1.15 bits per heavy atom. The molecule has 0 unspecified atom stereocenters. The van der Waals surface area contributed by atoms with Gasteiger partial charge in [-0.3, -0.25) is 0 Å². The Labute approximate surface area is 175 Å². The van der Waals surface area contributed by atoms with Gasteiger partial charge in [-0.25, -0.2) is 0 Å². The fraction of sp³-hybridized carbons (Fsp3) is 0. The summed E-state index contributed by atoms with van der Waals surface area (Å²) in [5, 5.41) is 0. The predicted octanol–water partition coefficient (Wildman–Crippen LogP) is 8.82. The summed E-state index contributed by atoms with van der Waals surface area (Å²) in [5.74, 6) is 1.39. The Bertz CT molecular complexity index is 661. The Morgan fingerprint density at radius 1 is 0.600 bits per heavy atom. The maximum Gasteiger partial charge on any atom is 0.155 e. The van der Waals surface area contributed by atoms with Gasteiger partial charge in [-0.2, -0.15) is 0 Å². The third kappa shape index (κ3) is 3.92. The van der Waals surface area contributed by atoms with E-state index >= 15 is 0 Å². The van der Waals surface area contributed by atoms with Crippen molar-refractivity contribution < 1.29 is 4.74 Å². The lowest BCUT2D eigenvalue weighted by Gasteiger charge is -2.14. The second-order valence-electron chi connectivity index (χ2n) is 3.60. The monoisotopic (exact) mass is 715 g/mol. The molecule has 0 aliphatic heterocycles. The van der Waals surface area contributed by atoms with Crippen molar-refractivity contribution in [2.75, 3.05) is 0 Å². The average molecular weight is 722 g/mol. The van der Waals surface area contributed by atoms with Gasteiger partial charge in [0.1, 0.15) is 5.75 Å². The SMILES string of the molecule is Brc1cc(Br)c(Oc2cc(Br)c(Br)c(Br)c2Br)c(Br)c1. The van der Waals surface area contributed by atoms with E-state index in [9.17, 15) is 0 Å². The van der Waals surface area contributed by atoms with Crippen molar-refractivity contribution in [1.29, 1.82) is 0 Å².